The van der Waals surface area contributed by atoms with E-state index >= 15 is 0 Å². The molecule has 2 saturated carbocycles. The number of piperidine rings is 1. The fourth-order valence-electron chi connectivity index (χ4n) is 6.31. The Hall–Kier alpha value is -3.62. The molecule has 0 bridgehead atoms. The highest BCUT2D eigenvalue weighted by Gasteiger charge is 2.55. The zero-order chi connectivity index (χ0) is 26.4. The average molecular weight is 516 g/mol. The summed E-state index contributed by atoms with van der Waals surface area (Å²) in [7, 11) is 0. The predicted molar refractivity (Wildman–Crippen MR) is 139 cm³/mol. The molecule has 9 heteroatoms. The molecular weight excluding hydrogens is 482 g/mol. The molecule has 2 aliphatic carbocycles. The van der Waals surface area contributed by atoms with Gasteiger partial charge in [0.05, 0.1) is 11.6 Å². The van der Waals surface area contributed by atoms with Crippen LogP contribution in [-0.4, -0.2) is 54.2 Å². The quantitative estimate of drug-likeness (QED) is 0.376. The maximum absolute atomic E-state index is 13.6. The summed E-state index contributed by atoms with van der Waals surface area (Å²) in [5.41, 5.74) is 0.975. The number of likely N-dealkylation sites (tertiary alicyclic amines) is 1. The summed E-state index contributed by atoms with van der Waals surface area (Å²) in [5, 5.41) is 5.14. The third kappa shape index (κ3) is 4.81. The molecule has 1 saturated heterocycles. The van der Waals surface area contributed by atoms with Crippen LogP contribution in [0.25, 0.3) is 10.9 Å². The number of benzene rings is 1. The molecule has 6 rings (SSSR count). The Balaban J connectivity index is 1.17. The predicted octanol–water partition coefficient (Wildman–Crippen LogP) is 3.99. The van der Waals surface area contributed by atoms with Crippen LogP contribution in [-0.2, 0) is 22.7 Å². The number of ether oxygens (including phenoxy) is 1. The van der Waals surface area contributed by atoms with Gasteiger partial charge in [0.15, 0.2) is 17.4 Å². The Morgan fingerprint density at radius 2 is 1.87 bits per heavy atom. The molecule has 38 heavy (non-hydrogen) atoms. The third-order valence-electron chi connectivity index (χ3n) is 8.36. The normalized spacial score (nSPS) is 25.6. The number of hydrogen-bond donors (Lipinski definition) is 0. The van der Waals surface area contributed by atoms with Crippen LogP contribution in [0.5, 0.6) is 5.75 Å². The Kier molecular flexibility index (Phi) is 6.45. The van der Waals surface area contributed by atoms with Crippen molar-refractivity contribution in [1.82, 2.24) is 24.6 Å². The first kappa shape index (κ1) is 24.7. The van der Waals surface area contributed by atoms with Gasteiger partial charge < -0.3 is 9.64 Å². The summed E-state index contributed by atoms with van der Waals surface area (Å²) >= 11 is 0. The SMILES string of the molecule is CC(=O)c1nn(CC(=O)N2[C@@H]3C[C@@H]3C[C@H]2C(=O)CCC2CC(C)C2)c2ccc(OCc3ncccn3)cc12. The summed E-state index contributed by atoms with van der Waals surface area (Å²) in [5.74, 6) is 2.88. The molecule has 0 unspecified atom stereocenters. The molecule has 0 radical (unpaired) electrons. The van der Waals surface area contributed by atoms with Crippen LogP contribution >= 0.6 is 0 Å². The average Bonchev–Trinajstić information content (AvgIpc) is 3.40. The number of Topliss-reactive ketones (excluding diaryl/α,β-unsaturated/α-hetero) is 2. The third-order valence-corrected chi connectivity index (χ3v) is 8.36. The van der Waals surface area contributed by atoms with Gasteiger partial charge in [-0.05, 0) is 74.1 Å². The molecular formula is C29H33N5O4. The van der Waals surface area contributed by atoms with Crippen molar-refractivity contribution in [1.29, 1.82) is 0 Å². The van der Waals surface area contributed by atoms with Crippen LogP contribution in [0, 0.1) is 17.8 Å². The van der Waals surface area contributed by atoms with Gasteiger partial charge in [0.1, 0.15) is 24.6 Å². The standard InChI is InChI=1S/C29H33N5O4/c1-17-10-19(11-17)4-7-26(36)25-13-20-12-24(20)34(25)28(37)15-33-23-6-5-21(14-22(23)29(32-33)18(2)35)38-16-27-30-8-3-9-31-27/h3,5-6,8-9,14,17,19-20,24-25H,4,7,10-13,15-16H2,1-2H3/t17?,19?,20-,24-,25+/m1/s1. The minimum absolute atomic E-state index is 0.00498. The van der Waals surface area contributed by atoms with Gasteiger partial charge in [0.25, 0.3) is 0 Å². The van der Waals surface area contributed by atoms with Crippen molar-refractivity contribution in [3.05, 3.63) is 48.2 Å². The lowest BCUT2D eigenvalue weighted by molar-refractivity contribution is -0.139. The largest absolute Gasteiger partial charge is 0.486 e. The molecule has 3 heterocycles. The summed E-state index contributed by atoms with van der Waals surface area (Å²) in [6, 6.07) is 6.95. The lowest BCUT2D eigenvalue weighted by atomic mass is 9.73. The minimum Gasteiger partial charge on any atom is -0.486 e. The van der Waals surface area contributed by atoms with Crippen molar-refractivity contribution in [2.24, 2.45) is 17.8 Å². The molecule has 0 N–H and O–H groups in total. The van der Waals surface area contributed by atoms with E-state index in [9.17, 15) is 14.4 Å². The summed E-state index contributed by atoms with van der Waals surface area (Å²) < 4.78 is 7.43. The number of hydrogen-bond acceptors (Lipinski definition) is 7. The summed E-state index contributed by atoms with van der Waals surface area (Å²) in [4.78, 5) is 49.2. The van der Waals surface area contributed by atoms with Gasteiger partial charge in [-0.3, -0.25) is 19.1 Å². The lowest BCUT2D eigenvalue weighted by Gasteiger charge is -2.33. The van der Waals surface area contributed by atoms with E-state index in [4.69, 9.17) is 4.74 Å². The van der Waals surface area contributed by atoms with Gasteiger partial charge in [0.2, 0.25) is 5.91 Å². The smallest absolute Gasteiger partial charge is 0.245 e. The van der Waals surface area contributed by atoms with E-state index in [2.05, 4.69) is 22.0 Å². The first-order valence-electron chi connectivity index (χ1n) is 13.6. The maximum Gasteiger partial charge on any atom is 0.245 e. The number of rotatable bonds is 10. The molecule has 3 atom stereocenters. The van der Waals surface area contributed by atoms with Crippen molar-refractivity contribution in [3.8, 4) is 5.75 Å². The van der Waals surface area contributed by atoms with Crippen LogP contribution in [0.1, 0.15) is 68.7 Å². The lowest BCUT2D eigenvalue weighted by Crippen LogP contribution is -2.44. The number of nitrogens with zero attached hydrogens (tertiary/aromatic N) is 5. The molecule has 0 spiro atoms. The number of carbonyl (C=O) groups is 3. The van der Waals surface area contributed by atoms with Crippen LogP contribution in [0.3, 0.4) is 0 Å². The number of carbonyl (C=O) groups excluding carboxylic acids is 3. The topological polar surface area (TPSA) is 107 Å². The first-order valence-corrected chi connectivity index (χ1v) is 13.6. The molecule has 1 aliphatic heterocycles. The summed E-state index contributed by atoms with van der Waals surface area (Å²) in [6.07, 6.45) is 8.97. The number of ketones is 2. The van der Waals surface area contributed by atoms with Crippen molar-refractivity contribution in [2.75, 3.05) is 0 Å². The second-order valence-electron chi connectivity index (χ2n) is 11.3. The van der Waals surface area contributed by atoms with E-state index < -0.39 is 0 Å². The first-order chi connectivity index (χ1) is 18.4. The second-order valence-corrected chi connectivity index (χ2v) is 11.3. The number of amides is 1. The van der Waals surface area contributed by atoms with Crippen molar-refractivity contribution < 1.29 is 19.1 Å². The van der Waals surface area contributed by atoms with Gasteiger partial charge in [-0.1, -0.05) is 6.92 Å². The fourth-order valence-corrected chi connectivity index (χ4v) is 6.31. The van der Waals surface area contributed by atoms with Gasteiger partial charge >= 0.3 is 0 Å². The van der Waals surface area contributed by atoms with E-state index in [1.165, 1.54) is 19.8 Å². The number of fused-ring (bicyclic) bond motifs is 2. The van der Waals surface area contributed by atoms with E-state index in [0.717, 1.165) is 25.2 Å². The van der Waals surface area contributed by atoms with E-state index in [0.29, 0.717) is 46.4 Å². The Labute approximate surface area is 221 Å². The molecule has 3 fully saturated rings. The minimum atomic E-state index is -0.321. The van der Waals surface area contributed by atoms with Gasteiger partial charge in [0, 0.05) is 37.2 Å². The van der Waals surface area contributed by atoms with Crippen LogP contribution < -0.4 is 4.74 Å². The second kappa shape index (κ2) is 9.93. The molecule has 1 aromatic carbocycles. The fraction of sp³-hybridized carbons (Fsp3) is 0.517. The zero-order valence-corrected chi connectivity index (χ0v) is 21.9. The molecule has 9 nitrogen and oxygen atoms in total. The zero-order valence-electron chi connectivity index (χ0n) is 21.9. The summed E-state index contributed by atoms with van der Waals surface area (Å²) in [6.45, 7) is 3.91. The Bertz CT molecular complexity index is 1380. The van der Waals surface area contributed by atoms with Gasteiger partial charge in [-0.2, -0.15) is 5.10 Å². The molecule has 1 amide bonds. The van der Waals surface area contributed by atoms with Gasteiger partial charge in [-0.25, -0.2) is 9.97 Å². The maximum atomic E-state index is 13.6. The van der Waals surface area contributed by atoms with E-state index in [1.807, 2.05) is 11.0 Å². The van der Waals surface area contributed by atoms with Crippen LogP contribution in [0.2, 0.25) is 0 Å². The van der Waals surface area contributed by atoms with E-state index in [1.54, 1.807) is 35.3 Å². The van der Waals surface area contributed by atoms with Crippen LogP contribution in [0.4, 0.5) is 0 Å². The molecule has 3 aliphatic rings. The molecule has 2 aromatic heterocycles. The van der Waals surface area contributed by atoms with Crippen molar-refractivity contribution in [2.45, 2.75) is 77.6 Å². The highest BCUT2D eigenvalue weighted by molar-refractivity contribution is 6.05. The van der Waals surface area contributed by atoms with Crippen molar-refractivity contribution in [3.63, 3.8) is 0 Å². The highest BCUT2D eigenvalue weighted by atomic mass is 16.5. The van der Waals surface area contributed by atoms with E-state index in [-0.39, 0.29) is 42.7 Å². The van der Waals surface area contributed by atoms with Crippen LogP contribution in [0.15, 0.2) is 36.7 Å². The van der Waals surface area contributed by atoms with Crippen molar-refractivity contribution >= 4 is 28.4 Å². The monoisotopic (exact) mass is 515 g/mol. The number of aromatic nitrogens is 4. The Morgan fingerprint density at radius 3 is 2.61 bits per heavy atom. The highest BCUT2D eigenvalue weighted by Crippen LogP contribution is 2.48. The van der Waals surface area contributed by atoms with Gasteiger partial charge in [-0.15, -0.1) is 0 Å². The molecule has 3 aromatic rings. The molecule has 198 valence electrons. The Morgan fingerprint density at radius 1 is 1.08 bits per heavy atom.